The van der Waals surface area contributed by atoms with Crippen LogP contribution in [0.2, 0.25) is 0 Å². The Balaban J connectivity index is 2.35. The van der Waals surface area contributed by atoms with Crippen LogP contribution in [0.5, 0.6) is 0 Å². The number of esters is 1. The summed E-state index contributed by atoms with van der Waals surface area (Å²) < 4.78 is 5.74. The summed E-state index contributed by atoms with van der Waals surface area (Å²) >= 11 is 5.48. The molecule has 0 aromatic heterocycles. The van der Waals surface area contributed by atoms with Gasteiger partial charge in [-0.1, -0.05) is 42.5 Å². The molecule has 25 heavy (non-hydrogen) atoms. The summed E-state index contributed by atoms with van der Waals surface area (Å²) in [4.78, 5) is 24.9. The van der Waals surface area contributed by atoms with Crippen LogP contribution in [0.3, 0.4) is 0 Å². The number of hydrogen-bond acceptors (Lipinski definition) is 5. The molecule has 0 fully saturated rings. The third kappa shape index (κ3) is 4.00. The van der Waals surface area contributed by atoms with Crippen LogP contribution in [0.4, 0.5) is 5.69 Å². The van der Waals surface area contributed by atoms with Crippen LogP contribution in [-0.4, -0.2) is 34.9 Å². The first kappa shape index (κ1) is 18.5. The summed E-state index contributed by atoms with van der Waals surface area (Å²) in [5.74, 6) is -0.606. The number of hydrogen-bond donors (Lipinski definition) is 0. The van der Waals surface area contributed by atoms with Crippen molar-refractivity contribution in [3.8, 4) is 0 Å². The number of nitrogens with zero attached hydrogens (tertiary/aromatic N) is 2. The number of benzene rings is 2. The molecule has 0 heterocycles. The molecule has 0 saturated carbocycles. The van der Waals surface area contributed by atoms with E-state index in [1.807, 2.05) is 30.3 Å². The van der Waals surface area contributed by atoms with Gasteiger partial charge in [-0.05, 0) is 19.1 Å². The van der Waals surface area contributed by atoms with E-state index < -0.39 is 16.5 Å². The highest BCUT2D eigenvalue weighted by molar-refractivity contribution is 7.80. The number of ether oxygens (including phenoxy) is 1. The van der Waals surface area contributed by atoms with Crippen molar-refractivity contribution in [2.45, 2.75) is 12.5 Å². The Hall–Kier alpha value is -2.80. The monoisotopic (exact) mass is 358 g/mol. The molecule has 2 aromatic carbocycles. The van der Waals surface area contributed by atoms with Crippen molar-refractivity contribution in [1.82, 2.24) is 4.90 Å². The van der Waals surface area contributed by atoms with Crippen molar-refractivity contribution in [2.24, 2.45) is 0 Å². The largest absolute Gasteiger partial charge is 0.443 e. The van der Waals surface area contributed by atoms with Crippen molar-refractivity contribution in [3.63, 3.8) is 0 Å². The molecule has 2 aromatic rings. The van der Waals surface area contributed by atoms with E-state index in [4.69, 9.17) is 17.0 Å². The number of nitro groups is 1. The lowest BCUT2D eigenvalue weighted by molar-refractivity contribution is -0.384. The second-order valence-corrected chi connectivity index (χ2v) is 6.18. The third-order valence-electron chi connectivity index (χ3n) is 3.75. The molecule has 0 radical (unpaired) electrons. The maximum Gasteiger partial charge on any atom is 0.339 e. The molecule has 0 aliphatic rings. The molecule has 0 bridgehead atoms. The predicted octanol–water partition coefficient (Wildman–Crippen LogP) is 3.56. The molecule has 0 aliphatic heterocycles. The molecule has 130 valence electrons. The Bertz CT molecular complexity index is 790. The van der Waals surface area contributed by atoms with Gasteiger partial charge in [0.1, 0.15) is 4.99 Å². The first-order valence-corrected chi connectivity index (χ1v) is 7.91. The highest BCUT2D eigenvalue weighted by Crippen LogP contribution is 2.30. The number of carbonyl (C=O) groups excluding carboxylic acids is 1. The summed E-state index contributed by atoms with van der Waals surface area (Å²) in [6, 6.07) is 14.5. The van der Waals surface area contributed by atoms with Crippen molar-refractivity contribution in [3.05, 3.63) is 75.8 Å². The van der Waals surface area contributed by atoms with Crippen LogP contribution < -0.4 is 0 Å². The Morgan fingerprint density at radius 1 is 1.12 bits per heavy atom. The van der Waals surface area contributed by atoms with Crippen molar-refractivity contribution in [2.75, 3.05) is 14.1 Å². The van der Waals surface area contributed by atoms with Gasteiger partial charge in [-0.3, -0.25) is 10.1 Å². The Morgan fingerprint density at radius 2 is 1.68 bits per heavy atom. The van der Waals surface area contributed by atoms with Gasteiger partial charge in [0, 0.05) is 31.8 Å². The summed E-state index contributed by atoms with van der Waals surface area (Å²) in [5.41, 5.74) is -0.275. The fraction of sp³-hybridized carbons (Fsp3) is 0.222. The van der Waals surface area contributed by atoms with Crippen LogP contribution in [0.25, 0.3) is 0 Å². The van der Waals surface area contributed by atoms with Crippen LogP contribution >= 0.6 is 12.2 Å². The molecule has 1 unspecified atom stereocenters. The van der Waals surface area contributed by atoms with E-state index in [1.165, 1.54) is 24.3 Å². The fourth-order valence-corrected chi connectivity index (χ4v) is 2.53. The lowest BCUT2D eigenvalue weighted by atomic mass is 9.94. The highest BCUT2D eigenvalue weighted by atomic mass is 32.1. The van der Waals surface area contributed by atoms with Crippen LogP contribution in [0.15, 0.2) is 54.6 Å². The van der Waals surface area contributed by atoms with Gasteiger partial charge in [0.25, 0.3) is 5.69 Å². The highest BCUT2D eigenvalue weighted by Gasteiger charge is 2.37. The van der Waals surface area contributed by atoms with Gasteiger partial charge in [0.15, 0.2) is 5.60 Å². The molecule has 0 aliphatic carbocycles. The van der Waals surface area contributed by atoms with Gasteiger partial charge >= 0.3 is 5.97 Å². The van der Waals surface area contributed by atoms with Gasteiger partial charge < -0.3 is 9.64 Å². The Kier molecular flexibility index (Phi) is 5.48. The van der Waals surface area contributed by atoms with E-state index in [9.17, 15) is 14.9 Å². The van der Waals surface area contributed by atoms with E-state index in [1.54, 1.807) is 25.9 Å². The SMILES string of the molecule is CN(C)C(=S)C(C)(OC(=O)c1ccc([N+](=O)[O-])cc1)c1ccccc1. The van der Waals surface area contributed by atoms with E-state index in [2.05, 4.69) is 0 Å². The van der Waals surface area contributed by atoms with Gasteiger partial charge in [0.2, 0.25) is 0 Å². The third-order valence-corrected chi connectivity index (χ3v) is 4.50. The number of carbonyl (C=O) groups is 1. The van der Waals surface area contributed by atoms with Crippen molar-refractivity contribution >= 4 is 28.9 Å². The first-order chi connectivity index (χ1) is 11.8. The minimum absolute atomic E-state index is 0.0915. The quantitative estimate of drug-likeness (QED) is 0.352. The lowest BCUT2D eigenvalue weighted by Crippen LogP contribution is -2.43. The smallest absolute Gasteiger partial charge is 0.339 e. The first-order valence-electron chi connectivity index (χ1n) is 7.51. The van der Waals surface area contributed by atoms with Crippen molar-refractivity contribution in [1.29, 1.82) is 0 Å². The molecule has 6 nitrogen and oxygen atoms in total. The standard InChI is InChI=1S/C18H18N2O4S/c1-18(17(25)19(2)3,14-7-5-4-6-8-14)24-16(21)13-9-11-15(12-10-13)20(22)23/h4-12H,1-3H3. The maximum atomic E-state index is 12.6. The van der Waals surface area contributed by atoms with E-state index in [0.29, 0.717) is 4.99 Å². The van der Waals surface area contributed by atoms with Crippen LogP contribution in [0, 0.1) is 10.1 Å². The molecule has 1 atom stereocenters. The van der Waals surface area contributed by atoms with Gasteiger partial charge in [0.05, 0.1) is 10.5 Å². The minimum Gasteiger partial charge on any atom is -0.443 e. The van der Waals surface area contributed by atoms with E-state index in [-0.39, 0.29) is 11.3 Å². The molecule has 0 N–H and O–H groups in total. The summed E-state index contributed by atoms with van der Waals surface area (Å²) in [5, 5.41) is 10.7. The molecule has 2 rings (SSSR count). The maximum absolute atomic E-state index is 12.6. The molecule has 0 saturated heterocycles. The summed E-state index contributed by atoms with van der Waals surface area (Å²) in [7, 11) is 3.56. The van der Waals surface area contributed by atoms with Gasteiger partial charge in [-0.15, -0.1) is 0 Å². The van der Waals surface area contributed by atoms with Gasteiger partial charge in [-0.25, -0.2) is 4.79 Å². The predicted molar refractivity (Wildman–Crippen MR) is 98.6 cm³/mol. The van der Waals surface area contributed by atoms with E-state index in [0.717, 1.165) is 5.56 Å². The zero-order valence-corrected chi connectivity index (χ0v) is 14.9. The number of likely N-dealkylation sites (N-methyl/N-ethyl adjacent to an activating group) is 1. The van der Waals surface area contributed by atoms with Gasteiger partial charge in [-0.2, -0.15) is 0 Å². The van der Waals surface area contributed by atoms with Crippen LogP contribution in [0.1, 0.15) is 22.8 Å². The van der Waals surface area contributed by atoms with Crippen LogP contribution in [-0.2, 0) is 10.3 Å². The average molecular weight is 358 g/mol. The van der Waals surface area contributed by atoms with Crippen molar-refractivity contribution < 1.29 is 14.5 Å². The number of thiocarbonyl (C=S) groups is 1. The second kappa shape index (κ2) is 7.40. The zero-order valence-electron chi connectivity index (χ0n) is 14.1. The fourth-order valence-electron chi connectivity index (χ4n) is 2.37. The Labute approximate surface area is 151 Å². The summed E-state index contributed by atoms with van der Waals surface area (Å²) in [6.07, 6.45) is 0. The second-order valence-electron chi connectivity index (χ2n) is 5.79. The average Bonchev–Trinajstić information content (AvgIpc) is 2.61. The zero-order chi connectivity index (χ0) is 18.6. The molecular formula is C18H18N2O4S. The molecule has 7 heteroatoms. The molecule has 0 spiro atoms. The number of rotatable bonds is 5. The number of nitro benzene ring substituents is 1. The normalized spacial score (nSPS) is 12.8. The molecular weight excluding hydrogens is 340 g/mol. The Morgan fingerprint density at radius 3 is 2.16 bits per heavy atom. The topological polar surface area (TPSA) is 72.7 Å². The number of non-ortho nitro benzene ring substituents is 1. The molecule has 0 amide bonds. The summed E-state index contributed by atoms with van der Waals surface area (Å²) in [6.45, 7) is 1.73. The minimum atomic E-state index is -1.14. The van der Waals surface area contributed by atoms with E-state index >= 15 is 0 Å². The lowest BCUT2D eigenvalue weighted by Gasteiger charge is -2.34.